The Hall–Kier alpha value is -7.20. The lowest BCUT2D eigenvalue weighted by atomic mass is 9.82. The standard InChI is InChI=1S/C57H39NOS/c1-57(2)51-17-9-6-14-44(51)45-31-29-43(35-52(45)57)58(41-25-20-37(21-26-41)36-12-4-3-5-13-36)42-27-22-38(23-28-42)49-32-40(33-50-48-16-8-11-19-55(48)60-56(49)50)39-24-30-47-46-15-7-10-18-53(46)59-54(47)34-39/h3-35H,1-2H3. The van der Waals surface area contributed by atoms with Gasteiger partial charge < -0.3 is 9.32 Å². The molecular weight excluding hydrogens is 747 g/mol. The Morgan fingerprint density at radius 3 is 1.82 bits per heavy atom. The van der Waals surface area contributed by atoms with Gasteiger partial charge in [0.05, 0.1) is 0 Å². The van der Waals surface area contributed by atoms with E-state index in [9.17, 15) is 0 Å². The summed E-state index contributed by atoms with van der Waals surface area (Å²) >= 11 is 1.87. The molecule has 1 aliphatic carbocycles. The summed E-state index contributed by atoms with van der Waals surface area (Å²) in [6.45, 7) is 4.71. The van der Waals surface area contributed by atoms with Gasteiger partial charge in [0.1, 0.15) is 11.2 Å². The molecule has 0 amide bonds. The number of hydrogen-bond acceptors (Lipinski definition) is 3. The van der Waals surface area contributed by atoms with E-state index < -0.39 is 0 Å². The van der Waals surface area contributed by atoms with Crippen LogP contribution in [-0.2, 0) is 5.41 Å². The Bertz CT molecular complexity index is 3440. The van der Waals surface area contributed by atoms with Crippen molar-refractivity contribution in [2.75, 3.05) is 4.90 Å². The minimum atomic E-state index is -0.107. The number of anilines is 3. The quantitative estimate of drug-likeness (QED) is 0.167. The van der Waals surface area contributed by atoms with Crippen LogP contribution in [0.2, 0.25) is 0 Å². The third kappa shape index (κ3) is 5.47. The van der Waals surface area contributed by atoms with E-state index in [0.29, 0.717) is 0 Å². The highest BCUT2D eigenvalue weighted by Gasteiger charge is 2.35. The molecule has 12 rings (SSSR count). The second-order valence-corrected chi connectivity index (χ2v) is 17.6. The van der Waals surface area contributed by atoms with Gasteiger partial charge in [0.25, 0.3) is 0 Å². The molecule has 0 radical (unpaired) electrons. The summed E-state index contributed by atoms with van der Waals surface area (Å²) in [4.78, 5) is 2.41. The topological polar surface area (TPSA) is 16.4 Å². The molecule has 0 aliphatic heterocycles. The van der Waals surface area contributed by atoms with Crippen LogP contribution in [0.3, 0.4) is 0 Å². The molecule has 3 heteroatoms. The molecule has 11 aromatic rings. The average Bonchev–Trinajstić information content (AvgIpc) is 3.94. The van der Waals surface area contributed by atoms with E-state index in [2.05, 4.69) is 207 Å². The highest BCUT2D eigenvalue weighted by molar-refractivity contribution is 7.26. The van der Waals surface area contributed by atoms with E-state index in [1.54, 1.807) is 0 Å². The van der Waals surface area contributed by atoms with Crippen molar-refractivity contribution in [1.29, 1.82) is 0 Å². The predicted molar refractivity (Wildman–Crippen MR) is 255 cm³/mol. The van der Waals surface area contributed by atoms with Crippen molar-refractivity contribution in [2.24, 2.45) is 0 Å². The molecule has 1 aliphatic rings. The van der Waals surface area contributed by atoms with Crippen molar-refractivity contribution in [1.82, 2.24) is 0 Å². The van der Waals surface area contributed by atoms with Crippen LogP contribution in [0.1, 0.15) is 25.0 Å². The van der Waals surface area contributed by atoms with Crippen LogP contribution in [0.5, 0.6) is 0 Å². The van der Waals surface area contributed by atoms with Gasteiger partial charge in [-0.15, -0.1) is 11.3 Å². The van der Waals surface area contributed by atoms with Crippen molar-refractivity contribution < 1.29 is 4.42 Å². The summed E-state index contributed by atoms with van der Waals surface area (Å²) in [6, 6.07) is 73.2. The molecule has 2 aromatic heterocycles. The first-order chi connectivity index (χ1) is 29.5. The van der Waals surface area contributed by atoms with Crippen molar-refractivity contribution in [2.45, 2.75) is 19.3 Å². The normalized spacial score (nSPS) is 13.0. The molecule has 0 unspecified atom stereocenters. The summed E-state index contributed by atoms with van der Waals surface area (Å²) in [5.74, 6) is 0. The summed E-state index contributed by atoms with van der Waals surface area (Å²) < 4.78 is 8.95. The first-order valence-electron chi connectivity index (χ1n) is 20.7. The minimum absolute atomic E-state index is 0.107. The van der Waals surface area contributed by atoms with Crippen molar-refractivity contribution in [3.05, 3.63) is 211 Å². The van der Waals surface area contributed by atoms with Gasteiger partial charge in [-0.3, -0.25) is 0 Å². The minimum Gasteiger partial charge on any atom is -0.456 e. The van der Waals surface area contributed by atoms with E-state index in [4.69, 9.17) is 4.42 Å². The fourth-order valence-electron chi connectivity index (χ4n) is 9.62. The Kier molecular flexibility index (Phi) is 7.79. The van der Waals surface area contributed by atoms with Gasteiger partial charge in [0.2, 0.25) is 0 Å². The third-order valence-corrected chi connectivity index (χ3v) is 13.9. The molecule has 0 N–H and O–H groups in total. The fourth-order valence-corrected chi connectivity index (χ4v) is 10.8. The fraction of sp³-hybridized carbons (Fsp3) is 0.0526. The van der Waals surface area contributed by atoms with E-state index in [1.807, 2.05) is 23.5 Å². The van der Waals surface area contributed by atoms with Crippen LogP contribution in [0, 0.1) is 0 Å². The molecule has 0 fully saturated rings. The molecule has 0 saturated heterocycles. The van der Waals surface area contributed by atoms with Gasteiger partial charge in [-0.1, -0.05) is 141 Å². The van der Waals surface area contributed by atoms with Crippen LogP contribution in [0.4, 0.5) is 17.1 Å². The summed E-state index contributed by atoms with van der Waals surface area (Å²) in [5.41, 5.74) is 17.6. The zero-order chi connectivity index (χ0) is 40.0. The van der Waals surface area contributed by atoms with Gasteiger partial charge in [0, 0.05) is 59.0 Å². The maximum atomic E-state index is 6.36. The highest BCUT2D eigenvalue weighted by atomic mass is 32.1. The molecule has 0 saturated carbocycles. The van der Waals surface area contributed by atoms with Crippen LogP contribution in [-0.4, -0.2) is 0 Å². The van der Waals surface area contributed by atoms with E-state index >= 15 is 0 Å². The largest absolute Gasteiger partial charge is 0.456 e. The number of para-hydroxylation sites is 1. The third-order valence-electron chi connectivity index (χ3n) is 12.7. The monoisotopic (exact) mass is 785 g/mol. The lowest BCUT2D eigenvalue weighted by molar-refractivity contribution is 0.660. The van der Waals surface area contributed by atoms with E-state index in [0.717, 1.165) is 44.6 Å². The molecule has 0 atom stereocenters. The van der Waals surface area contributed by atoms with Gasteiger partial charge in [-0.2, -0.15) is 0 Å². The lowest BCUT2D eigenvalue weighted by Crippen LogP contribution is -2.16. The zero-order valence-corrected chi connectivity index (χ0v) is 34.1. The summed E-state index contributed by atoms with van der Waals surface area (Å²) in [7, 11) is 0. The molecule has 284 valence electrons. The molecule has 2 nitrogen and oxygen atoms in total. The Balaban J connectivity index is 0.994. The predicted octanol–water partition coefficient (Wildman–Crippen LogP) is 16.7. The Labute approximate surface area is 353 Å². The van der Waals surface area contributed by atoms with Gasteiger partial charge in [-0.25, -0.2) is 0 Å². The molecule has 9 aromatic carbocycles. The molecule has 60 heavy (non-hydrogen) atoms. The second kappa shape index (κ2) is 13.4. The highest BCUT2D eigenvalue weighted by Crippen LogP contribution is 2.51. The number of thiophene rings is 1. The number of furan rings is 1. The molecule has 0 spiro atoms. The van der Waals surface area contributed by atoms with Crippen LogP contribution in [0.25, 0.3) is 86.6 Å². The van der Waals surface area contributed by atoms with Gasteiger partial charge in [-0.05, 0) is 123 Å². The van der Waals surface area contributed by atoms with Gasteiger partial charge in [0.15, 0.2) is 0 Å². The van der Waals surface area contributed by atoms with Crippen molar-refractivity contribution in [3.8, 4) is 44.5 Å². The van der Waals surface area contributed by atoms with Crippen LogP contribution < -0.4 is 4.90 Å². The summed E-state index contributed by atoms with van der Waals surface area (Å²) in [5, 5.41) is 4.85. The average molecular weight is 786 g/mol. The Morgan fingerprint density at radius 2 is 1.00 bits per heavy atom. The van der Waals surface area contributed by atoms with Crippen LogP contribution in [0.15, 0.2) is 205 Å². The van der Waals surface area contributed by atoms with Crippen LogP contribution >= 0.6 is 11.3 Å². The number of nitrogens with zero attached hydrogens (tertiary/aromatic N) is 1. The Morgan fingerprint density at radius 1 is 0.383 bits per heavy atom. The number of rotatable bonds is 6. The van der Waals surface area contributed by atoms with Crippen molar-refractivity contribution >= 4 is 70.5 Å². The van der Waals surface area contributed by atoms with Crippen molar-refractivity contribution in [3.63, 3.8) is 0 Å². The van der Waals surface area contributed by atoms with Gasteiger partial charge >= 0.3 is 0 Å². The zero-order valence-electron chi connectivity index (χ0n) is 33.3. The molecule has 2 heterocycles. The number of hydrogen-bond donors (Lipinski definition) is 0. The number of benzene rings is 9. The SMILES string of the molecule is CC1(C)c2ccccc2-c2ccc(N(c3ccc(-c4ccccc4)cc3)c3ccc(-c4cc(-c5ccc6c(c5)oc5ccccc56)cc5c4sc4ccccc45)cc3)cc21. The smallest absolute Gasteiger partial charge is 0.136 e. The van der Waals surface area contributed by atoms with E-state index in [1.165, 1.54) is 70.2 Å². The first-order valence-corrected chi connectivity index (χ1v) is 21.5. The summed E-state index contributed by atoms with van der Waals surface area (Å²) in [6.07, 6.45) is 0. The number of fused-ring (bicyclic) bond motifs is 9. The molecular formula is C57H39NOS. The molecule has 0 bridgehead atoms. The first kappa shape index (κ1) is 34.8. The van der Waals surface area contributed by atoms with E-state index in [-0.39, 0.29) is 5.41 Å². The maximum Gasteiger partial charge on any atom is 0.136 e. The second-order valence-electron chi connectivity index (χ2n) is 16.5. The lowest BCUT2D eigenvalue weighted by Gasteiger charge is -2.28. The maximum absolute atomic E-state index is 6.36.